The summed E-state index contributed by atoms with van der Waals surface area (Å²) in [6.07, 6.45) is 2.90. The normalized spacial score (nSPS) is 14.3. The SMILES string of the molecule is C=CCc1cc(/C=C2\C(=O)NC(=O)N(c3ccc(C(=O)OC)cc3)C2=O)cc(OCC)c1OS(=O)(=O)c1ccc(Cl)cc1. The summed E-state index contributed by atoms with van der Waals surface area (Å²) < 4.78 is 42.0. The van der Waals surface area contributed by atoms with Gasteiger partial charge in [-0.15, -0.1) is 6.58 Å². The van der Waals surface area contributed by atoms with Crippen LogP contribution in [0.15, 0.2) is 83.8 Å². The van der Waals surface area contributed by atoms with E-state index in [1.54, 1.807) is 6.92 Å². The standard InChI is InChI=1S/C30H25ClN2O9S/c1-4-6-20-15-18(17-25(41-5-2)26(20)42-43(38,39)23-13-9-21(31)10-14-23)16-24-27(34)32-30(37)33(28(24)35)22-11-7-19(8-12-22)29(36)40-3/h4,7-17H,1,5-6H2,2-3H3,(H,32,34,37)/b24-16+. The van der Waals surface area contributed by atoms with Crippen LogP contribution in [0.3, 0.4) is 0 Å². The summed E-state index contributed by atoms with van der Waals surface area (Å²) >= 11 is 5.88. The number of barbiturate groups is 1. The molecule has 0 bridgehead atoms. The fraction of sp³-hybridized carbons (Fsp3) is 0.133. The number of hydrogen-bond donors (Lipinski definition) is 1. The Kier molecular flexibility index (Phi) is 9.32. The first-order chi connectivity index (χ1) is 20.5. The van der Waals surface area contributed by atoms with E-state index in [0.29, 0.717) is 10.6 Å². The lowest BCUT2D eigenvalue weighted by Gasteiger charge is -2.26. The molecule has 4 rings (SSSR count). The molecule has 0 atom stereocenters. The Morgan fingerprint density at radius 1 is 1.05 bits per heavy atom. The highest BCUT2D eigenvalue weighted by molar-refractivity contribution is 7.87. The van der Waals surface area contributed by atoms with Crippen molar-refractivity contribution in [3.8, 4) is 11.5 Å². The van der Waals surface area contributed by atoms with Crippen LogP contribution < -0.4 is 19.1 Å². The van der Waals surface area contributed by atoms with Crippen LogP contribution in [-0.4, -0.2) is 45.9 Å². The van der Waals surface area contributed by atoms with Gasteiger partial charge in [-0.1, -0.05) is 17.7 Å². The number of imide groups is 2. The maximum atomic E-state index is 13.4. The Morgan fingerprint density at radius 2 is 1.72 bits per heavy atom. The molecule has 1 aliphatic heterocycles. The lowest BCUT2D eigenvalue weighted by Crippen LogP contribution is -2.54. The second kappa shape index (κ2) is 12.9. The zero-order chi connectivity index (χ0) is 31.3. The fourth-order valence-corrected chi connectivity index (χ4v) is 5.21. The van der Waals surface area contributed by atoms with E-state index < -0.39 is 33.9 Å². The Bertz CT molecular complexity index is 1750. The highest BCUT2D eigenvalue weighted by atomic mass is 35.5. The van der Waals surface area contributed by atoms with Gasteiger partial charge in [-0.3, -0.25) is 14.9 Å². The molecule has 0 radical (unpaired) electrons. The number of methoxy groups -OCH3 is 1. The molecular weight excluding hydrogens is 600 g/mol. The smallest absolute Gasteiger partial charge is 0.339 e. The maximum Gasteiger partial charge on any atom is 0.339 e. The number of carbonyl (C=O) groups is 4. The molecule has 0 aromatic heterocycles. The minimum Gasteiger partial charge on any atom is -0.490 e. The van der Waals surface area contributed by atoms with Crippen molar-refractivity contribution < 1.29 is 41.3 Å². The van der Waals surface area contributed by atoms with Gasteiger partial charge >= 0.3 is 22.1 Å². The van der Waals surface area contributed by atoms with Gasteiger partial charge in [0, 0.05) is 10.6 Å². The van der Waals surface area contributed by atoms with Crippen LogP contribution in [-0.2, 0) is 30.9 Å². The van der Waals surface area contributed by atoms with Crippen LogP contribution in [0.1, 0.15) is 28.4 Å². The number of benzene rings is 3. The van der Waals surface area contributed by atoms with Crippen LogP contribution in [0, 0.1) is 0 Å². The minimum atomic E-state index is -4.30. The summed E-state index contributed by atoms with van der Waals surface area (Å²) in [6, 6.07) is 12.8. The molecule has 3 aromatic rings. The summed E-state index contributed by atoms with van der Waals surface area (Å²) in [5.74, 6) is -2.53. The van der Waals surface area contributed by atoms with Crippen molar-refractivity contribution in [3.05, 3.63) is 101 Å². The summed E-state index contributed by atoms with van der Waals surface area (Å²) in [4.78, 5) is 51.2. The van der Waals surface area contributed by atoms with Gasteiger partial charge in [0.2, 0.25) is 0 Å². The molecular formula is C30H25ClN2O9S. The molecule has 3 aromatic carbocycles. The monoisotopic (exact) mass is 624 g/mol. The molecule has 0 unspecified atom stereocenters. The first-order valence-electron chi connectivity index (χ1n) is 12.7. The topological polar surface area (TPSA) is 145 Å². The van der Waals surface area contributed by atoms with Crippen molar-refractivity contribution in [1.82, 2.24) is 5.32 Å². The van der Waals surface area contributed by atoms with Gasteiger partial charge in [0.05, 0.1) is 25.0 Å². The summed E-state index contributed by atoms with van der Waals surface area (Å²) in [6.45, 7) is 5.53. The van der Waals surface area contributed by atoms with Crippen molar-refractivity contribution >= 4 is 57.3 Å². The number of hydrogen-bond acceptors (Lipinski definition) is 9. The van der Waals surface area contributed by atoms with Crippen molar-refractivity contribution in [3.63, 3.8) is 0 Å². The predicted octanol–water partition coefficient (Wildman–Crippen LogP) is 4.69. The zero-order valence-corrected chi connectivity index (χ0v) is 24.5. The van der Waals surface area contributed by atoms with Crippen molar-refractivity contribution in [2.24, 2.45) is 0 Å². The maximum absolute atomic E-state index is 13.4. The van der Waals surface area contributed by atoms with E-state index >= 15 is 0 Å². The van der Waals surface area contributed by atoms with Gasteiger partial charge in [0.1, 0.15) is 10.5 Å². The van der Waals surface area contributed by atoms with E-state index in [0.717, 1.165) is 4.90 Å². The second-order valence-corrected chi connectivity index (χ2v) is 10.9. The first-order valence-corrected chi connectivity index (χ1v) is 14.5. The number of esters is 1. The molecule has 13 heteroatoms. The Balaban J connectivity index is 1.75. The number of ether oxygens (including phenoxy) is 2. The predicted molar refractivity (Wildman–Crippen MR) is 158 cm³/mol. The summed E-state index contributed by atoms with van der Waals surface area (Å²) in [5, 5.41) is 2.47. The minimum absolute atomic E-state index is 0.0289. The Labute approximate surface area is 252 Å². The molecule has 222 valence electrons. The third-order valence-corrected chi connectivity index (χ3v) is 7.56. The number of rotatable bonds is 10. The number of amides is 4. The van der Waals surface area contributed by atoms with Crippen LogP contribution in [0.25, 0.3) is 6.08 Å². The van der Waals surface area contributed by atoms with Crippen molar-refractivity contribution in [1.29, 1.82) is 0 Å². The highest BCUT2D eigenvalue weighted by Gasteiger charge is 2.37. The molecule has 0 aliphatic carbocycles. The number of allylic oxidation sites excluding steroid dienone is 1. The zero-order valence-electron chi connectivity index (χ0n) is 23.0. The van der Waals surface area contributed by atoms with Gasteiger partial charge in [0.25, 0.3) is 11.8 Å². The van der Waals surface area contributed by atoms with E-state index in [9.17, 15) is 27.6 Å². The Hall–Kier alpha value is -4.94. The lowest BCUT2D eigenvalue weighted by molar-refractivity contribution is -0.122. The van der Waals surface area contributed by atoms with Crippen LogP contribution in [0.4, 0.5) is 10.5 Å². The molecule has 11 nitrogen and oxygen atoms in total. The van der Waals surface area contributed by atoms with Crippen LogP contribution in [0.5, 0.6) is 11.5 Å². The highest BCUT2D eigenvalue weighted by Crippen LogP contribution is 2.37. The van der Waals surface area contributed by atoms with Gasteiger partial charge in [-0.25, -0.2) is 14.5 Å². The van der Waals surface area contributed by atoms with E-state index in [4.69, 9.17) is 20.5 Å². The third kappa shape index (κ3) is 6.76. The Morgan fingerprint density at radius 3 is 2.33 bits per heavy atom. The number of halogens is 1. The summed E-state index contributed by atoms with van der Waals surface area (Å²) in [5.41, 5.74) is 0.533. The summed E-state index contributed by atoms with van der Waals surface area (Å²) in [7, 11) is -3.09. The molecule has 0 spiro atoms. The molecule has 1 aliphatic rings. The largest absolute Gasteiger partial charge is 0.490 e. The lowest BCUT2D eigenvalue weighted by atomic mass is 10.0. The van der Waals surface area contributed by atoms with E-state index in [-0.39, 0.29) is 51.8 Å². The quantitative estimate of drug-likeness (QED) is 0.112. The van der Waals surface area contributed by atoms with Crippen LogP contribution in [0.2, 0.25) is 5.02 Å². The molecule has 1 fully saturated rings. The van der Waals surface area contributed by atoms with Gasteiger partial charge in [-0.2, -0.15) is 8.42 Å². The first kappa shape index (κ1) is 31.0. The van der Waals surface area contributed by atoms with Gasteiger partial charge < -0.3 is 13.7 Å². The molecule has 4 amide bonds. The average Bonchev–Trinajstić information content (AvgIpc) is 2.97. The number of anilines is 1. The number of nitrogens with one attached hydrogen (secondary N) is 1. The number of carbonyl (C=O) groups excluding carboxylic acids is 4. The average molecular weight is 625 g/mol. The van der Waals surface area contributed by atoms with Gasteiger partial charge in [-0.05, 0) is 85.6 Å². The van der Waals surface area contributed by atoms with E-state index in [1.165, 1.54) is 79.9 Å². The molecule has 1 saturated heterocycles. The van der Waals surface area contributed by atoms with Crippen molar-refractivity contribution in [2.45, 2.75) is 18.2 Å². The molecule has 0 saturated carbocycles. The van der Waals surface area contributed by atoms with Gasteiger partial charge in [0.15, 0.2) is 11.5 Å². The second-order valence-electron chi connectivity index (χ2n) is 8.92. The fourth-order valence-electron chi connectivity index (χ4n) is 4.11. The molecule has 1 N–H and O–H groups in total. The van der Waals surface area contributed by atoms with Crippen LogP contribution >= 0.6 is 11.6 Å². The van der Waals surface area contributed by atoms with E-state index in [1.807, 2.05) is 0 Å². The van der Waals surface area contributed by atoms with E-state index in [2.05, 4.69) is 16.6 Å². The third-order valence-electron chi connectivity index (χ3n) is 6.07. The number of urea groups is 1. The molecule has 1 heterocycles. The van der Waals surface area contributed by atoms with Crippen molar-refractivity contribution in [2.75, 3.05) is 18.6 Å². The number of nitrogens with zero attached hydrogens (tertiary/aromatic N) is 1. The molecule has 43 heavy (non-hydrogen) atoms.